The molecule has 1 fully saturated rings. The van der Waals surface area contributed by atoms with Crippen molar-refractivity contribution in [2.24, 2.45) is 0 Å². The van der Waals surface area contributed by atoms with Crippen LogP contribution in [0.1, 0.15) is 50.1 Å². The Kier molecular flexibility index (Phi) is 9.57. The summed E-state index contributed by atoms with van der Waals surface area (Å²) < 4.78 is 53.5. The number of rotatable bonds is 6. The molecule has 2 aromatic carbocycles. The largest absolute Gasteiger partial charge is 0.444 e. The maximum Gasteiger partial charge on any atom is 0.416 e. The highest BCUT2D eigenvalue weighted by Crippen LogP contribution is 2.34. The number of carbonyl (C=O) groups is 2. The van der Waals surface area contributed by atoms with Crippen molar-refractivity contribution in [2.75, 3.05) is 43.0 Å². The van der Waals surface area contributed by atoms with Crippen LogP contribution in [0, 0.1) is 0 Å². The molecule has 2 amide bonds. The SMILES string of the molecule is CCc1c(N2CCN(C(=O)OC(C)(C)C)CC2)c(=O)n2nc(-c3ccc4c(c3)CCOC4)nc2n1CC(=O)Nc1ccc(C(F)(F)F)cc1Cl. The van der Waals surface area contributed by atoms with Crippen LogP contribution in [0.25, 0.3) is 17.2 Å². The molecule has 4 aromatic rings. The predicted octanol–water partition coefficient (Wildman–Crippen LogP) is 5.56. The summed E-state index contributed by atoms with van der Waals surface area (Å²) in [5, 5.41) is 6.94. The average Bonchev–Trinajstić information content (AvgIpc) is 3.51. The van der Waals surface area contributed by atoms with Gasteiger partial charge in [-0.2, -0.15) is 22.7 Å². The van der Waals surface area contributed by atoms with Gasteiger partial charge >= 0.3 is 12.3 Å². The molecule has 4 heterocycles. The molecule has 0 spiro atoms. The fraction of sp³-hybridized carbons (Fsp3) is 0.441. The first-order valence-corrected chi connectivity index (χ1v) is 16.6. The van der Waals surface area contributed by atoms with Crippen molar-refractivity contribution < 1.29 is 32.2 Å². The van der Waals surface area contributed by atoms with Gasteiger partial charge in [0.2, 0.25) is 11.7 Å². The second kappa shape index (κ2) is 13.6. The number of benzene rings is 2. The predicted molar refractivity (Wildman–Crippen MR) is 181 cm³/mol. The molecule has 16 heteroatoms. The number of aromatic nitrogens is 4. The monoisotopic (exact) mass is 715 g/mol. The molecule has 0 unspecified atom stereocenters. The summed E-state index contributed by atoms with van der Waals surface area (Å²) in [7, 11) is 0. The van der Waals surface area contributed by atoms with Crippen LogP contribution in [0.5, 0.6) is 0 Å². The van der Waals surface area contributed by atoms with E-state index in [0.717, 1.165) is 35.7 Å². The summed E-state index contributed by atoms with van der Waals surface area (Å²) in [6, 6.07) is 8.44. The van der Waals surface area contributed by atoms with Gasteiger partial charge < -0.3 is 29.2 Å². The van der Waals surface area contributed by atoms with Crippen LogP contribution in [-0.4, -0.2) is 74.5 Å². The van der Waals surface area contributed by atoms with Gasteiger partial charge in [-0.25, -0.2) is 4.79 Å². The Labute approximate surface area is 290 Å². The van der Waals surface area contributed by atoms with Crippen molar-refractivity contribution in [3.05, 3.63) is 74.2 Å². The molecule has 50 heavy (non-hydrogen) atoms. The first-order valence-electron chi connectivity index (χ1n) is 16.2. The van der Waals surface area contributed by atoms with Gasteiger partial charge in [0.1, 0.15) is 17.8 Å². The molecule has 0 bridgehead atoms. The summed E-state index contributed by atoms with van der Waals surface area (Å²) in [6.45, 7) is 9.17. The molecule has 0 radical (unpaired) electrons. The molecule has 6 rings (SSSR count). The Balaban J connectivity index is 1.39. The summed E-state index contributed by atoms with van der Waals surface area (Å²) in [4.78, 5) is 48.7. The third-order valence-corrected chi connectivity index (χ3v) is 8.83. The molecule has 1 saturated heterocycles. The lowest BCUT2D eigenvalue weighted by Crippen LogP contribution is -2.51. The van der Waals surface area contributed by atoms with Gasteiger partial charge in [0.05, 0.1) is 35.2 Å². The second-order valence-electron chi connectivity index (χ2n) is 13.2. The Morgan fingerprint density at radius 1 is 1.04 bits per heavy atom. The Morgan fingerprint density at radius 3 is 2.44 bits per heavy atom. The van der Waals surface area contributed by atoms with Crippen LogP contribution in [-0.2, 0) is 46.4 Å². The van der Waals surface area contributed by atoms with Gasteiger partial charge in [0.25, 0.3) is 5.56 Å². The molecule has 2 aliphatic heterocycles. The first kappa shape index (κ1) is 35.2. The number of nitrogens with one attached hydrogen (secondary N) is 1. The average molecular weight is 716 g/mol. The van der Waals surface area contributed by atoms with E-state index in [1.54, 1.807) is 30.2 Å². The Hall–Kier alpha value is -4.63. The van der Waals surface area contributed by atoms with Crippen molar-refractivity contribution in [1.82, 2.24) is 24.1 Å². The van der Waals surface area contributed by atoms with Crippen LogP contribution in [0.3, 0.4) is 0 Å². The quantitative estimate of drug-likeness (QED) is 0.275. The van der Waals surface area contributed by atoms with Crippen LogP contribution >= 0.6 is 11.6 Å². The van der Waals surface area contributed by atoms with E-state index < -0.39 is 34.9 Å². The second-order valence-corrected chi connectivity index (χ2v) is 13.6. The highest BCUT2D eigenvalue weighted by atomic mass is 35.5. The summed E-state index contributed by atoms with van der Waals surface area (Å²) in [5.41, 5.74) is 1.60. The van der Waals surface area contributed by atoms with Gasteiger partial charge in [-0.15, -0.1) is 5.10 Å². The van der Waals surface area contributed by atoms with Gasteiger partial charge in [-0.05, 0) is 69.0 Å². The Bertz CT molecular complexity index is 2010. The molecule has 0 saturated carbocycles. The smallest absolute Gasteiger partial charge is 0.416 e. The number of alkyl halides is 3. The molecular weight excluding hydrogens is 679 g/mol. The third kappa shape index (κ3) is 7.29. The topological polar surface area (TPSA) is 123 Å². The molecule has 0 aliphatic carbocycles. The maximum absolute atomic E-state index is 14.2. The van der Waals surface area contributed by atoms with E-state index in [2.05, 4.69) is 10.4 Å². The van der Waals surface area contributed by atoms with Crippen molar-refractivity contribution in [3.8, 4) is 11.4 Å². The zero-order valence-corrected chi connectivity index (χ0v) is 28.8. The standard InChI is InChI=1S/C34H37ClF3N7O5/c1-5-26-28(42-11-13-43(14-12-42)32(48)50-33(2,3)4)30(47)45-31(40-29(41-45)21-6-7-22-19-49-15-10-20(22)16-21)44(26)18-27(46)39-25-9-8-23(17-24(25)35)34(36,37)38/h6-9,16-17H,5,10-15,18-19H2,1-4H3,(H,39,46). The molecule has 2 aromatic heterocycles. The first-order chi connectivity index (χ1) is 23.6. The number of halogens is 4. The van der Waals surface area contributed by atoms with E-state index in [-0.39, 0.29) is 28.9 Å². The zero-order valence-electron chi connectivity index (χ0n) is 28.1. The fourth-order valence-corrected chi connectivity index (χ4v) is 6.35. The minimum absolute atomic E-state index is 0.00142. The van der Waals surface area contributed by atoms with Crippen molar-refractivity contribution >= 4 is 40.8 Å². The van der Waals surface area contributed by atoms with Crippen LogP contribution in [0.4, 0.5) is 29.3 Å². The summed E-state index contributed by atoms with van der Waals surface area (Å²) in [5.74, 6) is -0.205. The highest BCUT2D eigenvalue weighted by molar-refractivity contribution is 6.33. The lowest BCUT2D eigenvalue weighted by atomic mass is 10.0. The van der Waals surface area contributed by atoms with Crippen molar-refractivity contribution in [1.29, 1.82) is 0 Å². The maximum atomic E-state index is 14.2. The molecular formula is C34H37ClF3N7O5. The number of anilines is 2. The number of piperazine rings is 1. The number of carbonyl (C=O) groups excluding carboxylic acids is 2. The lowest BCUT2D eigenvalue weighted by molar-refractivity contribution is -0.137. The van der Waals surface area contributed by atoms with Crippen LogP contribution in [0.15, 0.2) is 41.2 Å². The van der Waals surface area contributed by atoms with E-state index in [4.69, 9.17) is 26.1 Å². The number of nitrogens with zero attached hydrogens (tertiary/aromatic N) is 6. The fourth-order valence-electron chi connectivity index (χ4n) is 6.12. The van der Waals surface area contributed by atoms with E-state index in [1.165, 1.54) is 4.52 Å². The molecule has 266 valence electrons. The van der Waals surface area contributed by atoms with Crippen LogP contribution in [0.2, 0.25) is 5.02 Å². The zero-order chi connectivity index (χ0) is 36.0. The van der Waals surface area contributed by atoms with Crippen molar-refractivity contribution in [2.45, 2.75) is 65.5 Å². The minimum atomic E-state index is -4.60. The van der Waals surface area contributed by atoms with E-state index in [1.807, 2.05) is 30.0 Å². The number of hydrogen-bond donors (Lipinski definition) is 1. The van der Waals surface area contributed by atoms with Gasteiger partial charge in [0, 0.05) is 31.7 Å². The third-order valence-electron chi connectivity index (χ3n) is 8.52. The molecule has 1 N–H and O–H groups in total. The van der Waals surface area contributed by atoms with E-state index in [9.17, 15) is 27.6 Å². The molecule has 0 atom stereocenters. The summed E-state index contributed by atoms with van der Waals surface area (Å²) >= 11 is 6.13. The lowest BCUT2D eigenvalue weighted by Gasteiger charge is -2.37. The van der Waals surface area contributed by atoms with Crippen molar-refractivity contribution in [3.63, 3.8) is 0 Å². The van der Waals surface area contributed by atoms with E-state index >= 15 is 0 Å². The molecule has 12 nitrogen and oxygen atoms in total. The minimum Gasteiger partial charge on any atom is -0.444 e. The Morgan fingerprint density at radius 2 is 1.78 bits per heavy atom. The number of fused-ring (bicyclic) bond motifs is 2. The molecule has 2 aliphatic rings. The normalized spacial score (nSPS) is 15.3. The van der Waals surface area contributed by atoms with Gasteiger partial charge in [-0.3, -0.25) is 9.59 Å². The summed E-state index contributed by atoms with van der Waals surface area (Å²) in [6.07, 6.45) is -4.01. The van der Waals surface area contributed by atoms with E-state index in [0.29, 0.717) is 62.8 Å². The van der Waals surface area contributed by atoms with Gasteiger partial charge in [0.15, 0.2) is 5.82 Å². The van der Waals surface area contributed by atoms with Crippen LogP contribution < -0.4 is 15.8 Å². The van der Waals surface area contributed by atoms with Gasteiger partial charge in [-0.1, -0.05) is 30.7 Å². The number of hydrogen-bond acceptors (Lipinski definition) is 8. The number of amides is 2. The highest BCUT2D eigenvalue weighted by Gasteiger charge is 2.32. The number of ether oxygens (including phenoxy) is 2.